The Hall–Kier alpha value is -1.72. The molecular weight excluding hydrogens is 268 g/mol. The lowest BCUT2D eigenvalue weighted by Crippen LogP contribution is -2.03. The summed E-state index contributed by atoms with van der Waals surface area (Å²) in [7, 11) is 0. The molecular formula is C15H18N4S. The molecule has 0 saturated heterocycles. The monoisotopic (exact) mass is 286 g/mol. The minimum atomic E-state index is 0.637. The first kappa shape index (κ1) is 13.3. The molecule has 0 spiro atoms. The zero-order valence-electron chi connectivity index (χ0n) is 11.5. The number of nitrogens with two attached hydrogens (primary N) is 1. The second-order valence-electron chi connectivity index (χ2n) is 4.74. The SMILES string of the molecule is CCCn1c(-c2csc(CCN)n2)nc2ccccc21. The zero-order chi connectivity index (χ0) is 13.9. The number of hydrogen-bond acceptors (Lipinski definition) is 4. The molecule has 3 aromatic rings. The van der Waals surface area contributed by atoms with Crippen molar-refractivity contribution in [3.05, 3.63) is 34.7 Å². The third-order valence-electron chi connectivity index (χ3n) is 3.24. The predicted molar refractivity (Wildman–Crippen MR) is 83.9 cm³/mol. The maximum atomic E-state index is 5.59. The topological polar surface area (TPSA) is 56.7 Å². The summed E-state index contributed by atoms with van der Waals surface area (Å²) >= 11 is 1.66. The van der Waals surface area contributed by atoms with Gasteiger partial charge in [0.05, 0.1) is 16.0 Å². The predicted octanol–water partition coefficient (Wildman–Crippen LogP) is 3.07. The van der Waals surface area contributed by atoms with Gasteiger partial charge in [-0.25, -0.2) is 9.97 Å². The molecule has 3 rings (SSSR count). The van der Waals surface area contributed by atoms with Crippen LogP contribution < -0.4 is 5.73 Å². The molecule has 4 nitrogen and oxygen atoms in total. The molecule has 0 unspecified atom stereocenters. The van der Waals surface area contributed by atoms with Gasteiger partial charge in [-0.05, 0) is 25.1 Å². The second kappa shape index (κ2) is 5.73. The molecule has 2 N–H and O–H groups in total. The Bertz CT molecular complexity index is 714. The van der Waals surface area contributed by atoms with Crippen LogP contribution in [-0.4, -0.2) is 21.1 Å². The van der Waals surface area contributed by atoms with Crippen LogP contribution in [0.15, 0.2) is 29.6 Å². The molecule has 104 valence electrons. The van der Waals surface area contributed by atoms with Gasteiger partial charge in [-0.3, -0.25) is 0 Å². The van der Waals surface area contributed by atoms with Gasteiger partial charge in [0.2, 0.25) is 0 Å². The number of thiazole rings is 1. The van der Waals surface area contributed by atoms with Gasteiger partial charge < -0.3 is 10.3 Å². The quantitative estimate of drug-likeness (QED) is 0.784. The average Bonchev–Trinajstić information content (AvgIpc) is 3.05. The number of nitrogens with zero attached hydrogens (tertiary/aromatic N) is 3. The molecule has 0 amide bonds. The molecule has 0 atom stereocenters. The van der Waals surface area contributed by atoms with Gasteiger partial charge in [0.1, 0.15) is 5.69 Å². The molecule has 0 saturated carbocycles. The molecule has 0 radical (unpaired) electrons. The molecule has 2 aromatic heterocycles. The summed E-state index contributed by atoms with van der Waals surface area (Å²) in [6.07, 6.45) is 1.91. The van der Waals surface area contributed by atoms with E-state index in [1.54, 1.807) is 11.3 Å². The van der Waals surface area contributed by atoms with Crippen molar-refractivity contribution in [3.8, 4) is 11.5 Å². The van der Waals surface area contributed by atoms with Gasteiger partial charge in [0, 0.05) is 18.3 Å². The number of imidazole rings is 1. The first-order valence-corrected chi connectivity index (χ1v) is 7.81. The van der Waals surface area contributed by atoms with E-state index >= 15 is 0 Å². The van der Waals surface area contributed by atoms with Crippen molar-refractivity contribution in [2.24, 2.45) is 5.73 Å². The van der Waals surface area contributed by atoms with E-state index < -0.39 is 0 Å². The van der Waals surface area contributed by atoms with Crippen LogP contribution >= 0.6 is 11.3 Å². The number of benzene rings is 1. The number of rotatable bonds is 5. The van der Waals surface area contributed by atoms with E-state index in [0.29, 0.717) is 6.54 Å². The van der Waals surface area contributed by atoms with Crippen LogP contribution in [0.2, 0.25) is 0 Å². The third kappa shape index (κ3) is 2.34. The van der Waals surface area contributed by atoms with E-state index in [0.717, 1.165) is 41.4 Å². The van der Waals surface area contributed by atoms with Crippen molar-refractivity contribution in [2.75, 3.05) is 6.54 Å². The van der Waals surface area contributed by atoms with Crippen molar-refractivity contribution >= 4 is 22.4 Å². The number of aromatic nitrogens is 3. The van der Waals surface area contributed by atoms with Crippen LogP contribution in [-0.2, 0) is 13.0 Å². The maximum absolute atomic E-state index is 5.59. The molecule has 0 fully saturated rings. The first-order chi connectivity index (χ1) is 9.83. The highest BCUT2D eigenvalue weighted by Crippen LogP contribution is 2.26. The summed E-state index contributed by atoms with van der Waals surface area (Å²) in [5.74, 6) is 0.965. The molecule has 0 aliphatic rings. The highest BCUT2D eigenvalue weighted by molar-refractivity contribution is 7.09. The summed E-state index contributed by atoms with van der Waals surface area (Å²) < 4.78 is 2.26. The van der Waals surface area contributed by atoms with Crippen molar-refractivity contribution in [2.45, 2.75) is 26.3 Å². The van der Waals surface area contributed by atoms with Gasteiger partial charge in [-0.15, -0.1) is 11.3 Å². The molecule has 20 heavy (non-hydrogen) atoms. The average molecular weight is 286 g/mol. The van der Waals surface area contributed by atoms with E-state index in [1.807, 2.05) is 6.07 Å². The number of para-hydroxylation sites is 2. The largest absolute Gasteiger partial charge is 0.330 e. The molecule has 0 bridgehead atoms. The van der Waals surface area contributed by atoms with Crippen LogP contribution in [0.25, 0.3) is 22.6 Å². The molecule has 0 aliphatic heterocycles. The first-order valence-electron chi connectivity index (χ1n) is 6.93. The Kier molecular flexibility index (Phi) is 3.80. The van der Waals surface area contributed by atoms with Gasteiger partial charge in [-0.1, -0.05) is 19.1 Å². The van der Waals surface area contributed by atoms with E-state index in [-0.39, 0.29) is 0 Å². The van der Waals surface area contributed by atoms with Crippen molar-refractivity contribution < 1.29 is 0 Å². The highest BCUT2D eigenvalue weighted by Gasteiger charge is 2.14. The summed E-state index contributed by atoms with van der Waals surface area (Å²) in [6, 6.07) is 8.25. The number of hydrogen-bond donors (Lipinski definition) is 1. The Morgan fingerprint density at radius 3 is 2.90 bits per heavy atom. The summed E-state index contributed by atoms with van der Waals surface area (Å²) in [6.45, 7) is 3.78. The lowest BCUT2D eigenvalue weighted by Gasteiger charge is -2.05. The van der Waals surface area contributed by atoms with Crippen LogP contribution in [0.4, 0.5) is 0 Å². The molecule has 2 heterocycles. The minimum Gasteiger partial charge on any atom is -0.330 e. The van der Waals surface area contributed by atoms with Crippen LogP contribution in [0.3, 0.4) is 0 Å². The minimum absolute atomic E-state index is 0.637. The summed E-state index contributed by atoms with van der Waals surface area (Å²) in [5, 5.41) is 3.16. The van der Waals surface area contributed by atoms with Gasteiger partial charge >= 0.3 is 0 Å². The lowest BCUT2D eigenvalue weighted by atomic mass is 10.3. The summed E-state index contributed by atoms with van der Waals surface area (Å²) in [4.78, 5) is 9.41. The van der Waals surface area contributed by atoms with Crippen molar-refractivity contribution in [1.29, 1.82) is 0 Å². The second-order valence-corrected chi connectivity index (χ2v) is 5.68. The molecule has 1 aromatic carbocycles. The Labute approximate surface area is 122 Å². The Balaban J connectivity index is 2.11. The Morgan fingerprint density at radius 2 is 2.10 bits per heavy atom. The van der Waals surface area contributed by atoms with E-state index in [2.05, 4.69) is 40.1 Å². The molecule has 0 aliphatic carbocycles. The van der Waals surface area contributed by atoms with Crippen LogP contribution in [0, 0.1) is 0 Å². The fraction of sp³-hybridized carbons (Fsp3) is 0.333. The number of aryl methyl sites for hydroxylation is 1. The normalized spacial score (nSPS) is 11.3. The number of fused-ring (bicyclic) bond motifs is 1. The smallest absolute Gasteiger partial charge is 0.160 e. The Morgan fingerprint density at radius 1 is 1.25 bits per heavy atom. The zero-order valence-corrected chi connectivity index (χ0v) is 12.4. The van der Waals surface area contributed by atoms with E-state index in [9.17, 15) is 0 Å². The van der Waals surface area contributed by atoms with Crippen molar-refractivity contribution in [3.63, 3.8) is 0 Å². The fourth-order valence-electron chi connectivity index (χ4n) is 2.37. The maximum Gasteiger partial charge on any atom is 0.160 e. The van der Waals surface area contributed by atoms with Gasteiger partial charge in [0.25, 0.3) is 0 Å². The van der Waals surface area contributed by atoms with E-state index in [4.69, 9.17) is 10.7 Å². The van der Waals surface area contributed by atoms with Gasteiger partial charge in [0.15, 0.2) is 5.82 Å². The highest BCUT2D eigenvalue weighted by atomic mass is 32.1. The van der Waals surface area contributed by atoms with Crippen LogP contribution in [0.5, 0.6) is 0 Å². The van der Waals surface area contributed by atoms with Crippen molar-refractivity contribution in [1.82, 2.24) is 14.5 Å². The standard InChI is InChI=1S/C15H18N4S/c1-2-9-19-13-6-4-3-5-11(13)18-15(19)12-10-20-14(17-12)7-8-16/h3-6,10H,2,7-9,16H2,1H3. The van der Waals surface area contributed by atoms with E-state index in [1.165, 1.54) is 5.52 Å². The van der Waals surface area contributed by atoms with Gasteiger partial charge in [-0.2, -0.15) is 0 Å². The third-order valence-corrected chi connectivity index (χ3v) is 4.15. The van der Waals surface area contributed by atoms with Crippen LogP contribution in [0.1, 0.15) is 18.4 Å². The fourth-order valence-corrected chi connectivity index (χ4v) is 3.17. The lowest BCUT2D eigenvalue weighted by molar-refractivity contribution is 0.702. The summed E-state index contributed by atoms with van der Waals surface area (Å²) in [5.41, 5.74) is 8.76. The molecule has 5 heteroatoms.